The molecule has 0 aliphatic rings. The van der Waals surface area contributed by atoms with E-state index in [-0.39, 0.29) is 16.7 Å². The maximum absolute atomic E-state index is 12.5. The molecule has 0 bridgehead atoms. The Bertz CT molecular complexity index is 627. The molecular formula is C17H27ClN4O3. The van der Waals surface area contributed by atoms with Crippen LogP contribution in [0.1, 0.15) is 31.1 Å². The Morgan fingerprint density at radius 2 is 1.72 bits per heavy atom. The zero-order chi connectivity index (χ0) is 19.4. The number of hydrogen-bond donors (Lipinski definition) is 0. The van der Waals surface area contributed by atoms with Crippen molar-refractivity contribution in [1.29, 1.82) is 0 Å². The predicted molar refractivity (Wildman–Crippen MR) is 99.4 cm³/mol. The number of halogens is 1. The van der Waals surface area contributed by atoms with E-state index in [2.05, 4.69) is 4.98 Å². The van der Waals surface area contributed by atoms with E-state index in [0.29, 0.717) is 18.9 Å². The molecule has 0 N–H and O–H groups in total. The fourth-order valence-electron chi connectivity index (χ4n) is 1.93. The van der Waals surface area contributed by atoms with E-state index < -0.39 is 11.6 Å². The molecular weight excluding hydrogens is 344 g/mol. The minimum absolute atomic E-state index is 0.125. The van der Waals surface area contributed by atoms with E-state index in [1.807, 2.05) is 19.0 Å². The van der Waals surface area contributed by atoms with Crippen LogP contribution in [0.2, 0.25) is 5.15 Å². The van der Waals surface area contributed by atoms with Gasteiger partial charge in [0.25, 0.3) is 0 Å². The number of carbonyl (C=O) groups excluding carboxylic acids is 2. The van der Waals surface area contributed by atoms with E-state index in [0.717, 1.165) is 0 Å². The normalized spacial score (nSPS) is 11.4. The molecule has 0 aromatic carbocycles. The molecule has 2 amide bonds. The van der Waals surface area contributed by atoms with Crippen LogP contribution in [0.25, 0.3) is 0 Å². The molecule has 1 heterocycles. The fraction of sp³-hybridized carbons (Fsp3) is 0.588. The van der Waals surface area contributed by atoms with Gasteiger partial charge in [-0.1, -0.05) is 11.6 Å². The van der Waals surface area contributed by atoms with Gasteiger partial charge < -0.3 is 14.5 Å². The monoisotopic (exact) mass is 370 g/mol. The van der Waals surface area contributed by atoms with Crippen molar-refractivity contribution in [2.75, 3.05) is 46.2 Å². The lowest BCUT2D eigenvalue weighted by Crippen LogP contribution is -2.43. The number of ether oxygens (including phenoxy) is 1. The first-order valence-corrected chi connectivity index (χ1v) is 8.33. The van der Waals surface area contributed by atoms with Crippen molar-refractivity contribution < 1.29 is 14.3 Å². The second-order valence-electron chi connectivity index (χ2n) is 7.17. The Kier molecular flexibility index (Phi) is 7.19. The summed E-state index contributed by atoms with van der Waals surface area (Å²) in [7, 11) is 7.14. The predicted octanol–water partition coefficient (Wildman–Crippen LogP) is 2.74. The Balaban J connectivity index is 3.21. The molecule has 0 spiro atoms. The van der Waals surface area contributed by atoms with Crippen LogP contribution in [0.5, 0.6) is 0 Å². The standard InChI is InChI=1S/C17H27ClN4O3/c1-17(2,3)25-15(23)12-10-13(18)19-14(11-12)22(9-8-20(4)5)16(24)21(6)7/h10-11H,8-9H2,1-7H3. The molecule has 8 heteroatoms. The van der Waals surface area contributed by atoms with Gasteiger partial charge in [-0.15, -0.1) is 0 Å². The highest BCUT2D eigenvalue weighted by atomic mass is 35.5. The summed E-state index contributed by atoms with van der Waals surface area (Å²) in [5.74, 6) is -0.197. The van der Waals surface area contributed by atoms with Gasteiger partial charge in [0.15, 0.2) is 0 Å². The van der Waals surface area contributed by atoms with Crippen LogP contribution in [0, 0.1) is 0 Å². The molecule has 25 heavy (non-hydrogen) atoms. The van der Waals surface area contributed by atoms with Crippen LogP contribution in [0.3, 0.4) is 0 Å². The topological polar surface area (TPSA) is 66.0 Å². The average molecular weight is 371 g/mol. The third-order valence-electron chi connectivity index (χ3n) is 3.08. The highest BCUT2D eigenvalue weighted by Gasteiger charge is 2.23. The minimum Gasteiger partial charge on any atom is -0.456 e. The molecule has 1 aromatic rings. The first-order chi connectivity index (χ1) is 11.4. The van der Waals surface area contributed by atoms with Crippen LogP contribution < -0.4 is 4.90 Å². The molecule has 0 aliphatic heterocycles. The quantitative estimate of drug-likeness (QED) is 0.589. The van der Waals surface area contributed by atoms with Crippen molar-refractivity contribution in [2.45, 2.75) is 26.4 Å². The number of nitrogens with zero attached hydrogens (tertiary/aromatic N) is 4. The molecule has 0 unspecified atom stereocenters. The summed E-state index contributed by atoms with van der Waals surface area (Å²) < 4.78 is 5.37. The summed E-state index contributed by atoms with van der Waals surface area (Å²) in [4.78, 5) is 33.9. The van der Waals surface area contributed by atoms with Gasteiger partial charge in [0.1, 0.15) is 16.6 Å². The summed E-state index contributed by atoms with van der Waals surface area (Å²) in [6, 6.07) is 2.71. The largest absolute Gasteiger partial charge is 0.456 e. The number of likely N-dealkylation sites (N-methyl/N-ethyl adjacent to an activating group) is 1. The van der Waals surface area contributed by atoms with Gasteiger partial charge in [-0.25, -0.2) is 14.6 Å². The number of aromatic nitrogens is 1. The summed E-state index contributed by atoms with van der Waals surface area (Å²) in [5.41, 5.74) is -0.372. The molecule has 0 saturated heterocycles. The van der Waals surface area contributed by atoms with Crippen LogP contribution in [-0.4, -0.2) is 73.7 Å². The molecule has 7 nitrogen and oxygen atoms in total. The fourth-order valence-corrected chi connectivity index (χ4v) is 2.13. The second kappa shape index (κ2) is 8.49. The van der Waals surface area contributed by atoms with E-state index in [4.69, 9.17) is 16.3 Å². The van der Waals surface area contributed by atoms with Gasteiger partial charge in [-0.05, 0) is 47.0 Å². The molecule has 1 aromatic heterocycles. The zero-order valence-electron chi connectivity index (χ0n) is 16.0. The van der Waals surface area contributed by atoms with Crippen molar-refractivity contribution >= 4 is 29.4 Å². The molecule has 0 aliphatic carbocycles. The lowest BCUT2D eigenvalue weighted by molar-refractivity contribution is 0.00693. The van der Waals surface area contributed by atoms with Crippen LogP contribution in [0.4, 0.5) is 10.6 Å². The maximum Gasteiger partial charge on any atom is 0.338 e. The SMILES string of the molecule is CN(C)CCN(C(=O)N(C)C)c1cc(C(=O)OC(C)(C)C)cc(Cl)n1. The molecule has 0 atom stereocenters. The Labute approximate surface area is 154 Å². The van der Waals surface area contributed by atoms with Crippen LogP contribution >= 0.6 is 11.6 Å². The number of carbonyl (C=O) groups is 2. The van der Waals surface area contributed by atoms with Gasteiger partial charge >= 0.3 is 12.0 Å². The molecule has 1 rings (SSSR count). The summed E-state index contributed by atoms with van der Waals surface area (Å²) in [6.45, 7) is 6.40. The van der Waals surface area contributed by atoms with E-state index in [1.54, 1.807) is 34.9 Å². The number of anilines is 1. The lowest BCUT2D eigenvalue weighted by atomic mass is 10.2. The van der Waals surface area contributed by atoms with Gasteiger partial charge in [-0.3, -0.25) is 4.90 Å². The number of hydrogen-bond acceptors (Lipinski definition) is 5. The van der Waals surface area contributed by atoms with Gasteiger partial charge in [-0.2, -0.15) is 0 Å². The Hall–Kier alpha value is -1.86. The smallest absolute Gasteiger partial charge is 0.338 e. The van der Waals surface area contributed by atoms with Crippen molar-refractivity contribution in [3.8, 4) is 0 Å². The minimum atomic E-state index is -0.628. The average Bonchev–Trinajstić information content (AvgIpc) is 2.44. The van der Waals surface area contributed by atoms with E-state index >= 15 is 0 Å². The van der Waals surface area contributed by atoms with Crippen molar-refractivity contribution in [1.82, 2.24) is 14.8 Å². The third-order valence-corrected chi connectivity index (χ3v) is 3.27. The number of esters is 1. The van der Waals surface area contributed by atoms with Gasteiger partial charge in [0.2, 0.25) is 0 Å². The molecule has 140 valence electrons. The Morgan fingerprint density at radius 1 is 1.12 bits per heavy atom. The van der Waals surface area contributed by atoms with E-state index in [1.165, 1.54) is 21.9 Å². The van der Waals surface area contributed by atoms with E-state index in [9.17, 15) is 9.59 Å². The third kappa shape index (κ3) is 6.88. The van der Waals surface area contributed by atoms with Crippen molar-refractivity contribution in [2.24, 2.45) is 0 Å². The van der Waals surface area contributed by atoms with Gasteiger partial charge in [0, 0.05) is 27.2 Å². The molecule has 0 saturated carbocycles. The Morgan fingerprint density at radius 3 is 2.20 bits per heavy atom. The number of amides is 2. The zero-order valence-corrected chi connectivity index (χ0v) is 16.7. The lowest BCUT2D eigenvalue weighted by Gasteiger charge is -2.27. The maximum atomic E-state index is 12.5. The van der Waals surface area contributed by atoms with Crippen molar-refractivity contribution in [3.05, 3.63) is 22.8 Å². The molecule has 0 fully saturated rings. The second-order valence-corrected chi connectivity index (χ2v) is 7.56. The summed E-state index contributed by atoms with van der Waals surface area (Å²) in [5, 5.41) is 0.125. The first-order valence-electron chi connectivity index (χ1n) is 7.95. The molecule has 0 radical (unpaired) electrons. The number of pyridine rings is 1. The number of urea groups is 1. The highest BCUT2D eigenvalue weighted by Crippen LogP contribution is 2.21. The number of rotatable bonds is 5. The van der Waals surface area contributed by atoms with Crippen molar-refractivity contribution in [3.63, 3.8) is 0 Å². The highest BCUT2D eigenvalue weighted by molar-refractivity contribution is 6.30. The summed E-state index contributed by atoms with van der Waals surface area (Å²) in [6.07, 6.45) is 0. The summed E-state index contributed by atoms with van der Waals surface area (Å²) >= 11 is 6.08. The van der Waals surface area contributed by atoms with Crippen LogP contribution in [-0.2, 0) is 4.74 Å². The van der Waals surface area contributed by atoms with Gasteiger partial charge in [0.05, 0.1) is 5.56 Å². The van der Waals surface area contributed by atoms with Crippen LogP contribution in [0.15, 0.2) is 12.1 Å². The first kappa shape index (κ1) is 21.2.